The van der Waals surface area contributed by atoms with Crippen LogP contribution in [0.3, 0.4) is 0 Å². The Hall–Kier alpha value is -3.10. The van der Waals surface area contributed by atoms with E-state index < -0.39 is 11.4 Å². The molecule has 0 radical (unpaired) electrons. The van der Waals surface area contributed by atoms with Crippen molar-refractivity contribution in [3.05, 3.63) is 36.0 Å². The van der Waals surface area contributed by atoms with E-state index in [9.17, 15) is 9.59 Å². The van der Waals surface area contributed by atoms with Crippen molar-refractivity contribution < 1.29 is 14.1 Å². The first-order valence-corrected chi connectivity index (χ1v) is 9.49. The molecule has 3 amide bonds. The van der Waals surface area contributed by atoms with Gasteiger partial charge in [0.25, 0.3) is 5.91 Å². The molecule has 3 aliphatic rings. The van der Waals surface area contributed by atoms with Crippen molar-refractivity contribution in [1.82, 2.24) is 26.4 Å². The minimum atomic E-state index is -0.664. The first-order chi connectivity index (χ1) is 13.5. The van der Waals surface area contributed by atoms with Crippen molar-refractivity contribution in [2.24, 2.45) is 11.8 Å². The molecule has 2 heterocycles. The van der Waals surface area contributed by atoms with Crippen molar-refractivity contribution in [1.29, 1.82) is 5.41 Å². The fraction of sp³-hybridized carbons (Fsp3) is 0.474. The van der Waals surface area contributed by atoms with Gasteiger partial charge in [-0.15, -0.1) is 0 Å². The highest BCUT2D eigenvalue weighted by atomic mass is 16.5. The predicted molar refractivity (Wildman–Crippen MR) is 103 cm³/mol. The lowest BCUT2D eigenvalue weighted by atomic mass is 9.91. The van der Waals surface area contributed by atoms with Crippen LogP contribution in [-0.2, 0) is 0 Å². The predicted octanol–water partition coefficient (Wildman–Crippen LogP) is 1.37. The van der Waals surface area contributed by atoms with E-state index in [0.29, 0.717) is 22.9 Å². The van der Waals surface area contributed by atoms with Gasteiger partial charge in [0.1, 0.15) is 11.2 Å². The third-order valence-corrected chi connectivity index (χ3v) is 5.49. The van der Waals surface area contributed by atoms with Gasteiger partial charge in [0, 0.05) is 42.8 Å². The van der Waals surface area contributed by atoms with Crippen molar-refractivity contribution in [3.63, 3.8) is 0 Å². The Morgan fingerprint density at radius 1 is 1.43 bits per heavy atom. The third kappa shape index (κ3) is 3.64. The summed E-state index contributed by atoms with van der Waals surface area (Å²) in [5.41, 5.74) is 0.871. The maximum Gasteiger partial charge on any atom is 0.319 e. The van der Waals surface area contributed by atoms with E-state index in [1.165, 1.54) is 25.1 Å². The SMILES string of the molecule is C=C1NC(=O)N[C@@]1(CNC(=O)c1cc(/C(C=N)=C/NCC2CC2)no1)C1CC1. The molecule has 1 atom stereocenters. The summed E-state index contributed by atoms with van der Waals surface area (Å²) in [5.74, 6) is 0.595. The standard InChI is InChI=1S/C19H24N6O3/c1-11-19(14-4-5-14,24-18(27)23-11)10-22-17(26)16-6-15(25-28-16)13(7-20)9-21-8-12-2-3-12/h6-7,9,12,14,20-21H,1-5,8,10H2,(H,22,26)(H2,23,24,27)/b13-9+,20-7?/t19-/m1/s1. The zero-order valence-corrected chi connectivity index (χ0v) is 15.5. The summed E-state index contributed by atoms with van der Waals surface area (Å²) in [7, 11) is 0. The van der Waals surface area contributed by atoms with Crippen LogP contribution in [0, 0.1) is 17.2 Å². The highest BCUT2D eigenvalue weighted by Gasteiger charge is 2.52. The molecule has 4 rings (SSSR count). The summed E-state index contributed by atoms with van der Waals surface area (Å²) in [5, 5.41) is 23.0. The van der Waals surface area contributed by atoms with Crippen LogP contribution in [-0.4, -0.2) is 41.9 Å². The Bertz CT molecular complexity index is 852. The average Bonchev–Trinajstić information content (AvgIpc) is 3.60. The van der Waals surface area contributed by atoms with Crippen molar-refractivity contribution >= 4 is 23.7 Å². The number of carbonyl (C=O) groups excluding carboxylic acids is 2. The van der Waals surface area contributed by atoms with Gasteiger partial charge in [-0.3, -0.25) is 4.79 Å². The maximum atomic E-state index is 12.5. The van der Waals surface area contributed by atoms with Crippen LogP contribution >= 0.6 is 0 Å². The molecule has 0 spiro atoms. The van der Waals surface area contributed by atoms with Gasteiger partial charge in [-0.1, -0.05) is 11.7 Å². The number of aromatic nitrogens is 1. The Balaban J connectivity index is 1.39. The summed E-state index contributed by atoms with van der Waals surface area (Å²) >= 11 is 0. The van der Waals surface area contributed by atoms with Gasteiger partial charge >= 0.3 is 6.03 Å². The van der Waals surface area contributed by atoms with E-state index in [1.54, 1.807) is 6.20 Å². The third-order valence-electron chi connectivity index (χ3n) is 5.49. The molecular weight excluding hydrogens is 360 g/mol. The minimum absolute atomic E-state index is 0.0544. The second-order valence-electron chi connectivity index (χ2n) is 7.66. The number of hydrogen-bond acceptors (Lipinski definition) is 6. The summed E-state index contributed by atoms with van der Waals surface area (Å²) < 4.78 is 5.16. The fourth-order valence-corrected chi connectivity index (χ4v) is 3.45. The van der Waals surface area contributed by atoms with Gasteiger partial charge in [-0.05, 0) is 37.5 Å². The molecule has 2 aliphatic carbocycles. The van der Waals surface area contributed by atoms with Gasteiger partial charge in [0.15, 0.2) is 0 Å². The molecule has 0 aromatic carbocycles. The van der Waals surface area contributed by atoms with Crippen LogP contribution in [0.15, 0.2) is 29.1 Å². The summed E-state index contributed by atoms with van der Waals surface area (Å²) in [6.45, 7) is 5.03. The fourth-order valence-electron chi connectivity index (χ4n) is 3.45. The molecule has 1 aliphatic heterocycles. The van der Waals surface area contributed by atoms with E-state index in [-0.39, 0.29) is 24.3 Å². The topological polar surface area (TPSA) is 132 Å². The van der Waals surface area contributed by atoms with E-state index in [0.717, 1.165) is 19.4 Å². The second-order valence-corrected chi connectivity index (χ2v) is 7.66. The van der Waals surface area contributed by atoms with Crippen LogP contribution in [0.2, 0.25) is 0 Å². The number of nitrogens with zero attached hydrogens (tertiary/aromatic N) is 1. The zero-order valence-electron chi connectivity index (χ0n) is 15.5. The summed E-state index contributed by atoms with van der Waals surface area (Å²) in [6.07, 6.45) is 7.32. The zero-order chi connectivity index (χ0) is 19.7. The Morgan fingerprint density at radius 3 is 2.82 bits per heavy atom. The van der Waals surface area contributed by atoms with Crippen LogP contribution < -0.4 is 21.3 Å². The van der Waals surface area contributed by atoms with E-state index in [4.69, 9.17) is 9.93 Å². The van der Waals surface area contributed by atoms with Gasteiger partial charge in [0.05, 0.1) is 0 Å². The first kappa shape index (κ1) is 18.3. The maximum absolute atomic E-state index is 12.5. The summed E-state index contributed by atoms with van der Waals surface area (Å²) in [4.78, 5) is 24.2. The molecule has 3 fully saturated rings. The van der Waals surface area contributed by atoms with Crippen LogP contribution in [0.25, 0.3) is 5.57 Å². The smallest absolute Gasteiger partial charge is 0.319 e. The normalized spacial score (nSPS) is 24.5. The minimum Gasteiger partial charge on any atom is -0.390 e. The average molecular weight is 384 g/mol. The molecule has 1 aromatic heterocycles. The molecule has 5 N–H and O–H groups in total. The molecule has 148 valence electrons. The van der Waals surface area contributed by atoms with Gasteiger partial charge in [0.2, 0.25) is 5.76 Å². The highest BCUT2D eigenvalue weighted by Crippen LogP contribution is 2.43. The molecule has 0 bridgehead atoms. The number of nitrogens with one attached hydrogen (secondary N) is 5. The van der Waals surface area contributed by atoms with Crippen molar-refractivity contribution in [3.8, 4) is 0 Å². The first-order valence-electron chi connectivity index (χ1n) is 9.49. The molecule has 1 saturated heterocycles. The molecule has 28 heavy (non-hydrogen) atoms. The lowest BCUT2D eigenvalue weighted by Gasteiger charge is -2.29. The second kappa shape index (κ2) is 7.14. The van der Waals surface area contributed by atoms with Crippen LogP contribution in [0.4, 0.5) is 4.79 Å². The van der Waals surface area contributed by atoms with E-state index in [1.807, 2.05) is 0 Å². The molecule has 1 aromatic rings. The molecule has 2 saturated carbocycles. The van der Waals surface area contributed by atoms with Crippen molar-refractivity contribution in [2.75, 3.05) is 13.1 Å². The number of carbonyl (C=O) groups is 2. The number of urea groups is 1. The lowest BCUT2D eigenvalue weighted by Crippen LogP contribution is -2.53. The monoisotopic (exact) mass is 384 g/mol. The molecule has 0 unspecified atom stereocenters. The quantitative estimate of drug-likeness (QED) is 0.410. The van der Waals surface area contributed by atoms with Gasteiger partial charge in [-0.2, -0.15) is 0 Å². The number of rotatable bonds is 9. The Morgan fingerprint density at radius 2 is 2.21 bits per heavy atom. The van der Waals surface area contributed by atoms with Gasteiger partial charge < -0.3 is 31.2 Å². The van der Waals surface area contributed by atoms with Gasteiger partial charge in [-0.25, -0.2) is 4.79 Å². The number of amides is 3. The molecular formula is C19H24N6O3. The van der Waals surface area contributed by atoms with E-state index >= 15 is 0 Å². The molecule has 9 nitrogen and oxygen atoms in total. The van der Waals surface area contributed by atoms with Crippen LogP contribution in [0.1, 0.15) is 41.9 Å². The van der Waals surface area contributed by atoms with E-state index in [2.05, 4.69) is 33.0 Å². The number of allylic oxidation sites excluding steroid dienone is 1. The Labute approximate surface area is 162 Å². The largest absolute Gasteiger partial charge is 0.390 e. The molecule has 9 heteroatoms. The highest BCUT2D eigenvalue weighted by molar-refractivity contribution is 6.07. The van der Waals surface area contributed by atoms with Crippen molar-refractivity contribution in [2.45, 2.75) is 31.2 Å². The van der Waals surface area contributed by atoms with Crippen LogP contribution in [0.5, 0.6) is 0 Å². The number of hydrogen-bond donors (Lipinski definition) is 5. The Kier molecular flexibility index (Phi) is 4.66. The summed E-state index contributed by atoms with van der Waals surface area (Å²) in [6, 6.07) is 1.21. The lowest BCUT2D eigenvalue weighted by molar-refractivity contribution is 0.0905.